The molecule has 1 aliphatic carbocycles. The van der Waals surface area contributed by atoms with E-state index in [1.807, 2.05) is 0 Å². The lowest BCUT2D eigenvalue weighted by Crippen LogP contribution is -2.42. The summed E-state index contributed by atoms with van der Waals surface area (Å²) in [6.45, 7) is 10.6. The van der Waals surface area contributed by atoms with Crippen LogP contribution in [0.25, 0.3) is 0 Å². The van der Waals surface area contributed by atoms with E-state index >= 15 is 0 Å². The molecule has 0 aromatic rings. The molecule has 1 N–H and O–H groups in total. The Labute approximate surface area is 107 Å². The van der Waals surface area contributed by atoms with Gasteiger partial charge >= 0.3 is 0 Å². The fourth-order valence-electron chi connectivity index (χ4n) is 2.08. The summed E-state index contributed by atoms with van der Waals surface area (Å²) < 4.78 is 5.59. The van der Waals surface area contributed by atoms with E-state index in [-0.39, 0.29) is 0 Å². The summed E-state index contributed by atoms with van der Waals surface area (Å²) in [7, 11) is 2.20. The lowest BCUT2D eigenvalue weighted by molar-refractivity contribution is 0.0618. The third-order valence-electron chi connectivity index (χ3n) is 3.28. The van der Waals surface area contributed by atoms with Gasteiger partial charge in [-0.25, -0.2) is 0 Å². The molecule has 1 atom stereocenters. The van der Waals surface area contributed by atoms with Crippen molar-refractivity contribution in [3.8, 4) is 0 Å². The largest absolute Gasteiger partial charge is 0.377 e. The maximum Gasteiger partial charge on any atom is 0.0596 e. The quantitative estimate of drug-likeness (QED) is 0.635. The molecule has 0 amide bonds. The second-order valence-corrected chi connectivity index (χ2v) is 5.58. The minimum atomic E-state index is 0.348. The standard InChI is InChI=1S/C14H30N2O/c1-5-8-15-14(13-6-7-13)11-16(4)9-10-17-12(2)3/h12-15H,5-11H2,1-4H3. The monoisotopic (exact) mass is 242 g/mol. The van der Waals surface area contributed by atoms with Gasteiger partial charge in [-0.3, -0.25) is 0 Å². The van der Waals surface area contributed by atoms with Crippen LogP contribution in [0.1, 0.15) is 40.0 Å². The number of hydrogen-bond donors (Lipinski definition) is 1. The van der Waals surface area contributed by atoms with Crippen LogP contribution in [0.3, 0.4) is 0 Å². The van der Waals surface area contributed by atoms with Gasteiger partial charge in [0.1, 0.15) is 0 Å². The molecule has 0 saturated heterocycles. The Morgan fingerprint density at radius 1 is 1.35 bits per heavy atom. The van der Waals surface area contributed by atoms with Crippen LogP contribution in [0, 0.1) is 5.92 Å². The molecule has 0 heterocycles. The van der Waals surface area contributed by atoms with Crippen LogP contribution >= 0.6 is 0 Å². The highest BCUT2D eigenvalue weighted by atomic mass is 16.5. The number of nitrogens with zero attached hydrogens (tertiary/aromatic N) is 1. The highest BCUT2D eigenvalue weighted by Crippen LogP contribution is 2.32. The minimum absolute atomic E-state index is 0.348. The van der Waals surface area contributed by atoms with Gasteiger partial charge in [-0.2, -0.15) is 0 Å². The van der Waals surface area contributed by atoms with Gasteiger partial charge in [-0.15, -0.1) is 0 Å². The van der Waals surface area contributed by atoms with E-state index in [0.717, 1.165) is 32.2 Å². The highest BCUT2D eigenvalue weighted by molar-refractivity contribution is 4.88. The first-order valence-corrected chi connectivity index (χ1v) is 7.17. The molecule has 3 nitrogen and oxygen atoms in total. The number of likely N-dealkylation sites (N-methyl/N-ethyl adjacent to an activating group) is 1. The van der Waals surface area contributed by atoms with Crippen molar-refractivity contribution in [3.63, 3.8) is 0 Å². The van der Waals surface area contributed by atoms with Gasteiger partial charge in [0, 0.05) is 19.1 Å². The second kappa shape index (κ2) is 8.06. The molecule has 0 aromatic carbocycles. The van der Waals surface area contributed by atoms with Crippen molar-refractivity contribution in [2.45, 2.75) is 52.2 Å². The normalized spacial score (nSPS) is 18.0. The van der Waals surface area contributed by atoms with Crippen molar-refractivity contribution in [1.29, 1.82) is 0 Å². The van der Waals surface area contributed by atoms with E-state index in [0.29, 0.717) is 12.1 Å². The maximum atomic E-state index is 5.59. The fraction of sp³-hybridized carbons (Fsp3) is 1.00. The van der Waals surface area contributed by atoms with E-state index in [1.54, 1.807) is 0 Å². The average Bonchev–Trinajstić information content (AvgIpc) is 3.07. The summed E-state index contributed by atoms with van der Waals surface area (Å²) >= 11 is 0. The number of hydrogen-bond acceptors (Lipinski definition) is 3. The van der Waals surface area contributed by atoms with E-state index in [4.69, 9.17) is 4.74 Å². The van der Waals surface area contributed by atoms with Crippen LogP contribution in [-0.2, 0) is 4.74 Å². The van der Waals surface area contributed by atoms with Crippen molar-refractivity contribution >= 4 is 0 Å². The van der Waals surface area contributed by atoms with Gasteiger partial charge in [0.25, 0.3) is 0 Å². The van der Waals surface area contributed by atoms with Crippen molar-refractivity contribution in [1.82, 2.24) is 10.2 Å². The van der Waals surface area contributed by atoms with Crippen molar-refractivity contribution in [2.75, 3.05) is 33.3 Å². The predicted octanol–water partition coefficient (Wildman–Crippen LogP) is 2.12. The molecule has 0 aliphatic heterocycles. The molecule has 102 valence electrons. The Balaban J connectivity index is 2.14. The van der Waals surface area contributed by atoms with Gasteiger partial charge in [0.05, 0.1) is 12.7 Å². The maximum absolute atomic E-state index is 5.59. The van der Waals surface area contributed by atoms with Gasteiger partial charge in [-0.05, 0) is 52.6 Å². The molecule has 1 rings (SSSR count). The number of nitrogens with one attached hydrogen (secondary N) is 1. The van der Waals surface area contributed by atoms with Crippen molar-refractivity contribution in [3.05, 3.63) is 0 Å². The molecule has 1 aliphatic rings. The Kier molecular flexibility index (Phi) is 7.09. The molecular weight excluding hydrogens is 212 g/mol. The summed E-state index contributed by atoms with van der Waals surface area (Å²) in [5.41, 5.74) is 0. The Morgan fingerprint density at radius 3 is 2.59 bits per heavy atom. The van der Waals surface area contributed by atoms with Gasteiger partial charge in [0.15, 0.2) is 0 Å². The van der Waals surface area contributed by atoms with E-state index in [9.17, 15) is 0 Å². The summed E-state index contributed by atoms with van der Waals surface area (Å²) in [5.74, 6) is 0.926. The average molecular weight is 242 g/mol. The second-order valence-electron chi connectivity index (χ2n) is 5.58. The molecule has 1 fully saturated rings. The van der Waals surface area contributed by atoms with Crippen LogP contribution in [0.2, 0.25) is 0 Å². The molecule has 17 heavy (non-hydrogen) atoms. The Hall–Kier alpha value is -0.120. The molecule has 1 saturated carbocycles. The number of ether oxygens (including phenoxy) is 1. The van der Waals surface area contributed by atoms with Crippen LogP contribution in [0.15, 0.2) is 0 Å². The highest BCUT2D eigenvalue weighted by Gasteiger charge is 2.31. The SMILES string of the molecule is CCCNC(CN(C)CCOC(C)C)C1CC1. The topological polar surface area (TPSA) is 24.5 Å². The van der Waals surface area contributed by atoms with Crippen LogP contribution in [0.4, 0.5) is 0 Å². The fourth-order valence-corrected chi connectivity index (χ4v) is 2.08. The molecular formula is C14H30N2O. The van der Waals surface area contributed by atoms with Gasteiger partial charge < -0.3 is 15.0 Å². The van der Waals surface area contributed by atoms with E-state index in [1.165, 1.54) is 19.3 Å². The van der Waals surface area contributed by atoms with Crippen LogP contribution < -0.4 is 5.32 Å². The molecule has 1 unspecified atom stereocenters. The minimum Gasteiger partial charge on any atom is -0.377 e. The summed E-state index contributed by atoms with van der Waals surface area (Å²) in [5, 5.41) is 3.68. The van der Waals surface area contributed by atoms with E-state index in [2.05, 4.69) is 38.0 Å². The Bertz CT molecular complexity index is 193. The molecule has 3 heteroatoms. The summed E-state index contributed by atoms with van der Waals surface area (Å²) in [6.07, 6.45) is 4.40. The van der Waals surface area contributed by atoms with Crippen LogP contribution in [-0.4, -0.2) is 50.3 Å². The van der Waals surface area contributed by atoms with Crippen molar-refractivity contribution in [2.24, 2.45) is 5.92 Å². The Morgan fingerprint density at radius 2 is 2.06 bits per heavy atom. The molecule has 0 bridgehead atoms. The zero-order valence-electron chi connectivity index (χ0n) is 12.0. The summed E-state index contributed by atoms with van der Waals surface area (Å²) in [6, 6.07) is 0.694. The zero-order valence-corrected chi connectivity index (χ0v) is 12.0. The molecule has 0 spiro atoms. The van der Waals surface area contributed by atoms with Crippen molar-refractivity contribution < 1.29 is 4.74 Å². The lowest BCUT2D eigenvalue weighted by Gasteiger charge is -2.25. The predicted molar refractivity (Wildman–Crippen MR) is 73.4 cm³/mol. The molecule has 0 aromatic heterocycles. The zero-order chi connectivity index (χ0) is 12.7. The lowest BCUT2D eigenvalue weighted by atomic mass is 10.1. The molecule has 0 radical (unpaired) electrons. The first-order valence-electron chi connectivity index (χ1n) is 7.17. The first-order chi connectivity index (χ1) is 8.13. The third kappa shape index (κ3) is 7.02. The van der Waals surface area contributed by atoms with Gasteiger partial charge in [0.2, 0.25) is 0 Å². The van der Waals surface area contributed by atoms with Gasteiger partial charge in [-0.1, -0.05) is 6.92 Å². The van der Waals surface area contributed by atoms with E-state index < -0.39 is 0 Å². The first kappa shape index (κ1) is 14.9. The smallest absolute Gasteiger partial charge is 0.0596 e. The number of rotatable bonds is 10. The third-order valence-corrected chi connectivity index (χ3v) is 3.28. The van der Waals surface area contributed by atoms with Crippen LogP contribution in [0.5, 0.6) is 0 Å². The summed E-state index contributed by atoms with van der Waals surface area (Å²) in [4.78, 5) is 2.40.